The fourth-order valence-corrected chi connectivity index (χ4v) is 5.60. The van der Waals surface area contributed by atoms with Crippen LogP contribution in [0.25, 0.3) is 0 Å². The highest BCUT2D eigenvalue weighted by Crippen LogP contribution is 2.54. The van der Waals surface area contributed by atoms with Crippen LogP contribution in [0.5, 0.6) is 5.75 Å². The fourth-order valence-electron chi connectivity index (χ4n) is 5.60. The molecule has 0 unspecified atom stereocenters. The van der Waals surface area contributed by atoms with E-state index in [9.17, 15) is 29.3 Å². The van der Waals surface area contributed by atoms with Crippen molar-refractivity contribution in [1.29, 1.82) is 0 Å². The van der Waals surface area contributed by atoms with Crippen LogP contribution in [-0.4, -0.2) is 41.7 Å². The fraction of sp³-hybridized carbons (Fsp3) is 0.304. The standard InChI is InChI=1S/C23H21N5O7/c1-10-7-15(28(33)34)16(35-2)9-14(10)27-20(30)18-13(8-17(24)29)26-23(19(18)21(27)31)11-5-3-4-6-12(11)25-22(23)32/h3-7,9,13,18-19,26H,8H2,1-2H3,(H2,24,29)(H,25,32)/t13-,18+,19+,23-/m1/s1. The Morgan fingerprint density at radius 2 is 1.94 bits per heavy atom. The Morgan fingerprint density at radius 1 is 1.23 bits per heavy atom. The minimum Gasteiger partial charge on any atom is -0.490 e. The molecule has 0 bridgehead atoms. The van der Waals surface area contributed by atoms with Gasteiger partial charge in [-0.15, -0.1) is 0 Å². The highest BCUT2D eigenvalue weighted by molar-refractivity contribution is 6.26. The Balaban J connectivity index is 1.68. The quantitative estimate of drug-likeness (QED) is 0.319. The molecule has 2 aromatic rings. The van der Waals surface area contributed by atoms with Crippen LogP contribution >= 0.6 is 0 Å². The smallest absolute Gasteiger partial charge is 0.311 e. The summed E-state index contributed by atoms with van der Waals surface area (Å²) in [4.78, 5) is 64.5. The van der Waals surface area contributed by atoms with E-state index in [1.54, 1.807) is 24.3 Å². The third kappa shape index (κ3) is 2.96. The summed E-state index contributed by atoms with van der Waals surface area (Å²) >= 11 is 0. The van der Waals surface area contributed by atoms with Crippen molar-refractivity contribution in [1.82, 2.24) is 5.32 Å². The van der Waals surface area contributed by atoms with Crippen molar-refractivity contribution in [2.24, 2.45) is 17.6 Å². The second kappa shape index (κ2) is 7.60. The lowest BCUT2D eigenvalue weighted by atomic mass is 9.76. The number of aryl methyl sites for hydroxylation is 1. The van der Waals surface area contributed by atoms with E-state index in [1.165, 1.54) is 26.2 Å². The number of carbonyl (C=O) groups excluding carboxylic acids is 4. The Labute approximate surface area is 198 Å². The molecule has 3 heterocycles. The maximum Gasteiger partial charge on any atom is 0.311 e. The van der Waals surface area contributed by atoms with Crippen molar-refractivity contribution in [2.45, 2.75) is 24.9 Å². The maximum atomic E-state index is 13.9. The number of nitrogens with two attached hydrogens (primary N) is 1. The highest BCUT2D eigenvalue weighted by Gasteiger charge is 2.70. The summed E-state index contributed by atoms with van der Waals surface area (Å²) in [5.41, 5.74) is 4.93. The Morgan fingerprint density at radius 3 is 2.60 bits per heavy atom. The average Bonchev–Trinajstić information content (AvgIpc) is 3.38. The van der Waals surface area contributed by atoms with Crippen LogP contribution in [0.1, 0.15) is 17.5 Å². The summed E-state index contributed by atoms with van der Waals surface area (Å²) in [6.45, 7) is 1.53. The zero-order valence-electron chi connectivity index (χ0n) is 18.7. The number of para-hydroxylation sites is 1. The zero-order chi connectivity index (χ0) is 25.2. The molecule has 0 radical (unpaired) electrons. The van der Waals surface area contributed by atoms with E-state index in [1.807, 2.05) is 0 Å². The summed E-state index contributed by atoms with van der Waals surface area (Å²) in [7, 11) is 1.24. The number of amides is 4. The molecule has 2 fully saturated rings. The second-order valence-corrected chi connectivity index (χ2v) is 8.81. The van der Waals surface area contributed by atoms with Gasteiger partial charge in [0.2, 0.25) is 23.6 Å². The first-order valence-electron chi connectivity index (χ1n) is 10.8. The van der Waals surface area contributed by atoms with Crippen molar-refractivity contribution in [3.63, 3.8) is 0 Å². The molecular formula is C23H21N5O7. The summed E-state index contributed by atoms with van der Waals surface area (Å²) in [5, 5.41) is 17.3. The van der Waals surface area contributed by atoms with Crippen molar-refractivity contribution in [3.05, 3.63) is 57.6 Å². The number of nitrogens with one attached hydrogen (secondary N) is 2. The van der Waals surface area contributed by atoms with Gasteiger partial charge in [-0.05, 0) is 18.6 Å². The lowest BCUT2D eigenvalue weighted by Crippen LogP contribution is -2.53. The molecule has 2 aromatic carbocycles. The van der Waals surface area contributed by atoms with Gasteiger partial charge in [0.1, 0.15) is 5.54 Å². The molecule has 0 aromatic heterocycles. The molecule has 12 nitrogen and oxygen atoms in total. The Hall–Kier alpha value is -4.32. The topological polar surface area (TPSA) is 174 Å². The van der Waals surface area contributed by atoms with Gasteiger partial charge in [0.25, 0.3) is 0 Å². The van der Waals surface area contributed by atoms with Gasteiger partial charge in [-0.1, -0.05) is 18.2 Å². The number of carbonyl (C=O) groups is 4. The molecule has 0 saturated carbocycles. The van der Waals surface area contributed by atoms with Gasteiger partial charge in [0.15, 0.2) is 5.75 Å². The van der Waals surface area contributed by atoms with Gasteiger partial charge in [0.05, 0.1) is 29.6 Å². The summed E-state index contributed by atoms with van der Waals surface area (Å²) in [5.74, 6) is -4.86. The minimum atomic E-state index is -1.58. The van der Waals surface area contributed by atoms with Crippen LogP contribution in [0.15, 0.2) is 36.4 Å². The molecule has 4 atom stereocenters. The van der Waals surface area contributed by atoms with Crippen LogP contribution in [0.2, 0.25) is 0 Å². The number of nitro benzene ring substituents is 1. The summed E-state index contributed by atoms with van der Waals surface area (Å²) in [6.07, 6.45) is -0.270. The molecule has 4 amide bonds. The number of rotatable bonds is 5. The lowest BCUT2D eigenvalue weighted by Gasteiger charge is -2.29. The van der Waals surface area contributed by atoms with Gasteiger partial charge < -0.3 is 15.8 Å². The molecule has 1 spiro atoms. The number of imide groups is 1. The molecule has 3 aliphatic heterocycles. The molecule has 180 valence electrons. The van der Waals surface area contributed by atoms with Crippen LogP contribution in [0, 0.1) is 28.9 Å². The predicted molar refractivity (Wildman–Crippen MR) is 121 cm³/mol. The first-order chi connectivity index (χ1) is 16.6. The van der Waals surface area contributed by atoms with E-state index in [0.29, 0.717) is 16.8 Å². The van der Waals surface area contributed by atoms with Gasteiger partial charge in [-0.2, -0.15) is 0 Å². The predicted octanol–water partition coefficient (Wildman–Crippen LogP) is 0.712. The van der Waals surface area contributed by atoms with Crippen LogP contribution in [-0.2, 0) is 24.7 Å². The second-order valence-electron chi connectivity index (χ2n) is 8.81. The third-order valence-corrected chi connectivity index (χ3v) is 6.98. The van der Waals surface area contributed by atoms with Gasteiger partial charge >= 0.3 is 5.69 Å². The van der Waals surface area contributed by atoms with Crippen LogP contribution in [0.3, 0.4) is 0 Å². The van der Waals surface area contributed by atoms with E-state index < -0.39 is 52.0 Å². The number of nitro groups is 1. The molecule has 4 N–H and O–H groups in total. The highest BCUT2D eigenvalue weighted by atomic mass is 16.6. The number of hydrogen-bond acceptors (Lipinski definition) is 8. The Bertz CT molecular complexity index is 1340. The number of methoxy groups -OCH3 is 1. The van der Waals surface area contributed by atoms with Crippen molar-refractivity contribution in [3.8, 4) is 5.75 Å². The molecule has 12 heteroatoms. The molecule has 3 aliphatic rings. The number of primary amides is 1. The molecule has 0 aliphatic carbocycles. The third-order valence-electron chi connectivity index (χ3n) is 6.98. The van der Waals surface area contributed by atoms with E-state index >= 15 is 0 Å². The molecule has 2 saturated heterocycles. The van der Waals surface area contributed by atoms with E-state index in [2.05, 4.69) is 10.6 Å². The largest absolute Gasteiger partial charge is 0.490 e. The monoisotopic (exact) mass is 479 g/mol. The van der Waals surface area contributed by atoms with Crippen LogP contribution < -0.4 is 26.0 Å². The Kier molecular flexibility index (Phi) is 4.88. The zero-order valence-corrected chi connectivity index (χ0v) is 18.7. The first-order valence-corrected chi connectivity index (χ1v) is 10.8. The van der Waals surface area contributed by atoms with Gasteiger partial charge in [0, 0.05) is 35.8 Å². The minimum absolute atomic E-state index is 0.108. The van der Waals surface area contributed by atoms with E-state index in [0.717, 1.165) is 4.90 Å². The van der Waals surface area contributed by atoms with Crippen molar-refractivity contribution >= 4 is 40.7 Å². The SMILES string of the molecule is COc1cc(N2C(=O)[C@@H]3[C@@H](C2=O)[C@@]2(N[C@@H]3CC(N)=O)C(=O)Nc3ccccc32)c(C)cc1[N+](=O)[O-]. The number of hydrogen-bond donors (Lipinski definition) is 3. The number of fused-ring (bicyclic) bond motifs is 4. The molecule has 35 heavy (non-hydrogen) atoms. The molecule has 5 rings (SSSR count). The number of benzene rings is 2. The maximum absolute atomic E-state index is 13.9. The number of anilines is 2. The first kappa shape index (κ1) is 22.5. The van der Waals surface area contributed by atoms with E-state index in [4.69, 9.17) is 10.5 Å². The summed E-state index contributed by atoms with van der Waals surface area (Å²) in [6, 6.07) is 8.41. The van der Waals surface area contributed by atoms with Crippen LogP contribution in [0.4, 0.5) is 17.1 Å². The molecular weight excluding hydrogens is 458 g/mol. The number of nitrogens with zero attached hydrogens (tertiary/aromatic N) is 2. The van der Waals surface area contributed by atoms with Gasteiger partial charge in [-0.25, -0.2) is 4.90 Å². The van der Waals surface area contributed by atoms with Crippen molar-refractivity contribution < 1.29 is 28.8 Å². The summed E-state index contributed by atoms with van der Waals surface area (Å²) < 4.78 is 5.13. The normalized spacial score (nSPS) is 26.6. The van der Waals surface area contributed by atoms with E-state index in [-0.39, 0.29) is 23.5 Å². The lowest BCUT2D eigenvalue weighted by molar-refractivity contribution is -0.385. The number of ether oxygens (including phenoxy) is 1. The van der Waals surface area contributed by atoms with Crippen molar-refractivity contribution in [2.75, 3.05) is 17.3 Å². The van der Waals surface area contributed by atoms with Gasteiger partial charge in [-0.3, -0.25) is 34.6 Å². The average molecular weight is 479 g/mol.